The second-order valence-corrected chi connectivity index (χ2v) is 11.0. The first-order valence-corrected chi connectivity index (χ1v) is 12.7. The fourth-order valence-corrected chi connectivity index (χ4v) is 6.10. The number of hydrogen-bond acceptors (Lipinski definition) is 7. The minimum absolute atomic E-state index is 0.0727. The molecule has 0 saturated carbocycles. The third-order valence-corrected chi connectivity index (χ3v) is 8.66. The Morgan fingerprint density at radius 3 is 2.37 bits per heavy atom. The zero-order valence-electron chi connectivity index (χ0n) is 19.2. The van der Waals surface area contributed by atoms with Crippen LogP contribution in [0, 0.1) is 11.2 Å². The van der Waals surface area contributed by atoms with Crippen molar-refractivity contribution in [2.45, 2.75) is 24.2 Å². The average molecular weight is 501 g/mol. The van der Waals surface area contributed by atoms with E-state index in [1.165, 1.54) is 23.5 Å². The molecule has 11 heteroatoms. The Hall–Kier alpha value is -3.31. The number of carbonyl (C=O) groups excluding carboxylic acids is 1. The lowest BCUT2D eigenvalue weighted by Crippen LogP contribution is -2.62. The number of carbonyl (C=O) groups is 1. The second-order valence-electron chi connectivity index (χ2n) is 9.06. The van der Waals surface area contributed by atoms with Crippen LogP contribution in [0.1, 0.15) is 34.9 Å². The number of likely N-dealkylation sites (tertiary alicyclic amines) is 1. The normalized spacial score (nSPS) is 17.8. The summed E-state index contributed by atoms with van der Waals surface area (Å²) in [6.07, 6.45) is 1.68. The highest BCUT2D eigenvalue weighted by molar-refractivity contribution is 7.89. The number of piperidine rings is 1. The molecule has 2 saturated heterocycles. The van der Waals surface area contributed by atoms with E-state index in [0.29, 0.717) is 57.0 Å². The van der Waals surface area contributed by atoms with Gasteiger partial charge in [-0.3, -0.25) is 4.79 Å². The van der Waals surface area contributed by atoms with Crippen molar-refractivity contribution in [3.05, 3.63) is 71.6 Å². The molecule has 2 aliphatic rings. The van der Waals surface area contributed by atoms with Gasteiger partial charge >= 0.3 is 11.8 Å². The fourth-order valence-electron chi connectivity index (χ4n) is 4.65. The highest BCUT2D eigenvalue weighted by atomic mass is 32.2. The second kappa shape index (κ2) is 9.04. The Balaban J connectivity index is 1.15. The van der Waals surface area contributed by atoms with Crippen LogP contribution < -0.4 is 4.74 Å². The highest BCUT2D eigenvalue weighted by Gasteiger charge is 2.49. The number of methoxy groups -OCH3 is 1. The van der Waals surface area contributed by atoms with Crippen LogP contribution in [0.5, 0.6) is 5.75 Å². The van der Waals surface area contributed by atoms with E-state index in [-0.39, 0.29) is 27.9 Å². The average Bonchev–Trinajstić information content (AvgIpc) is 3.32. The molecule has 2 aromatic carbocycles. The molecule has 9 nitrogen and oxygen atoms in total. The zero-order valence-corrected chi connectivity index (χ0v) is 20.0. The minimum atomic E-state index is -3.58. The van der Waals surface area contributed by atoms with Crippen LogP contribution in [0.3, 0.4) is 0 Å². The molecule has 2 aliphatic heterocycles. The van der Waals surface area contributed by atoms with Crippen LogP contribution in [0.15, 0.2) is 57.9 Å². The number of nitrogens with zero attached hydrogens (tertiary/aromatic N) is 4. The maximum Gasteiger partial charge on any atom is 0.316 e. The van der Waals surface area contributed by atoms with Gasteiger partial charge in [0.2, 0.25) is 10.0 Å². The number of ether oxygens (including phenoxy) is 1. The molecular formula is C24H25FN4O5S. The first-order chi connectivity index (χ1) is 16.8. The largest absolute Gasteiger partial charge is 0.497 e. The summed E-state index contributed by atoms with van der Waals surface area (Å²) < 4.78 is 50.8. The van der Waals surface area contributed by atoms with Gasteiger partial charge in [0.05, 0.1) is 12.0 Å². The molecule has 5 rings (SSSR count). The van der Waals surface area contributed by atoms with Crippen molar-refractivity contribution < 1.29 is 26.9 Å². The quantitative estimate of drug-likeness (QED) is 0.512. The van der Waals surface area contributed by atoms with E-state index in [9.17, 15) is 17.6 Å². The molecular weight excluding hydrogens is 475 g/mol. The summed E-state index contributed by atoms with van der Waals surface area (Å²) in [5.74, 6) is 0.226. The van der Waals surface area contributed by atoms with Gasteiger partial charge in [-0.1, -0.05) is 17.3 Å². The summed E-state index contributed by atoms with van der Waals surface area (Å²) in [4.78, 5) is 18.9. The van der Waals surface area contributed by atoms with Gasteiger partial charge in [-0.25, -0.2) is 12.8 Å². The molecule has 1 amide bonds. The van der Waals surface area contributed by atoms with Crippen LogP contribution in [0.2, 0.25) is 0 Å². The van der Waals surface area contributed by atoms with Crippen LogP contribution >= 0.6 is 0 Å². The van der Waals surface area contributed by atoms with Gasteiger partial charge < -0.3 is 14.2 Å². The van der Waals surface area contributed by atoms with Crippen molar-refractivity contribution in [2.75, 3.05) is 33.3 Å². The molecule has 184 valence electrons. The van der Waals surface area contributed by atoms with Crippen molar-refractivity contribution in [1.29, 1.82) is 0 Å². The summed E-state index contributed by atoms with van der Waals surface area (Å²) >= 11 is 0. The summed E-state index contributed by atoms with van der Waals surface area (Å²) in [7, 11) is -2.04. The predicted molar refractivity (Wildman–Crippen MR) is 123 cm³/mol. The molecule has 0 bridgehead atoms. The van der Waals surface area contributed by atoms with Crippen molar-refractivity contribution in [3.8, 4) is 5.75 Å². The minimum Gasteiger partial charge on any atom is -0.497 e. The number of benzene rings is 2. The maximum absolute atomic E-state index is 13.1. The Morgan fingerprint density at radius 1 is 1.09 bits per heavy atom. The van der Waals surface area contributed by atoms with E-state index >= 15 is 0 Å². The highest BCUT2D eigenvalue weighted by Crippen LogP contribution is 2.42. The maximum atomic E-state index is 13.1. The number of hydrogen-bond donors (Lipinski definition) is 0. The SMILES string of the molecule is COc1ccc(S(=O)(=O)N2CCC3(CC2)CN(C(=O)c2nc(Cc4ccc(F)cc4)no2)C3)cc1. The van der Waals surface area contributed by atoms with Crippen LogP contribution in [0.25, 0.3) is 0 Å². The van der Waals surface area contributed by atoms with Gasteiger partial charge in [0.15, 0.2) is 5.82 Å². The molecule has 0 atom stereocenters. The molecule has 2 fully saturated rings. The lowest BCUT2D eigenvalue weighted by Gasteiger charge is -2.53. The molecule has 1 spiro atoms. The molecule has 1 aromatic heterocycles. The van der Waals surface area contributed by atoms with Crippen LogP contribution in [-0.2, 0) is 16.4 Å². The first-order valence-electron chi connectivity index (χ1n) is 11.3. The number of sulfonamides is 1. The number of rotatable bonds is 6. The van der Waals surface area contributed by atoms with Crippen molar-refractivity contribution in [3.63, 3.8) is 0 Å². The Bertz CT molecular complexity index is 1310. The Labute approximate surface area is 202 Å². The monoisotopic (exact) mass is 500 g/mol. The summed E-state index contributed by atoms with van der Waals surface area (Å²) in [5, 5.41) is 3.87. The Morgan fingerprint density at radius 2 is 1.74 bits per heavy atom. The summed E-state index contributed by atoms with van der Waals surface area (Å²) in [6.45, 7) is 1.85. The third kappa shape index (κ3) is 4.65. The molecule has 3 heterocycles. The molecule has 0 N–H and O–H groups in total. The summed E-state index contributed by atoms with van der Waals surface area (Å²) in [5.41, 5.74) is 0.712. The van der Waals surface area contributed by atoms with Gasteiger partial charge in [0, 0.05) is 38.0 Å². The number of amides is 1. The van der Waals surface area contributed by atoms with E-state index in [2.05, 4.69) is 10.1 Å². The van der Waals surface area contributed by atoms with E-state index in [4.69, 9.17) is 9.26 Å². The lowest BCUT2D eigenvalue weighted by molar-refractivity contribution is -0.0236. The van der Waals surface area contributed by atoms with Crippen LogP contribution in [-0.4, -0.2) is 67.0 Å². The molecule has 0 aliphatic carbocycles. The zero-order chi connectivity index (χ0) is 24.6. The summed E-state index contributed by atoms with van der Waals surface area (Å²) in [6, 6.07) is 12.4. The predicted octanol–water partition coefficient (Wildman–Crippen LogP) is 2.74. The van der Waals surface area contributed by atoms with E-state index in [0.717, 1.165) is 5.56 Å². The third-order valence-electron chi connectivity index (χ3n) is 6.75. The molecule has 35 heavy (non-hydrogen) atoms. The van der Waals surface area contributed by atoms with Gasteiger partial charge in [0.1, 0.15) is 11.6 Å². The van der Waals surface area contributed by atoms with E-state index in [1.807, 2.05) is 0 Å². The first kappa shape index (κ1) is 23.4. The van der Waals surface area contributed by atoms with Gasteiger partial charge in [-0.15, -0.1) is 0 Å². The number of halogens is 1. The standard InChI is InChI=1S/C24H25FN4O5S/c1-33-19-6-8-20(9-7-19)35(31,32)29-12-10-24(11-13-29)15-28(16-24)23(30)22-26-21(27-34-22)14-17-2-4-18(25)5-3-17/h2-9H,10-16H2,1H3. The molecule has 0 radical (unpaired) electrons. The lowest BCUT2D eigenvalue weighted by atomic mass is 9.72. The topological polar surface area (TPSA) is 106 Å². The van der Waals surface area contributed by atoms with E-state index in [1.54, 1.807) is 41.3 Å². The van der Waals surface area contributed by atoms with Gasteiger partial charge in [0.25, 0.3) is 0 Å². The fraction of sp³-hybridized carbons (Fsp3) is 0.375. The van der Waals surface area contributed by atoms with Crippen molar-refractivity contribution in [2.24, 2.45) is 5.41 Å². The molecule has 0 unspecified atom stereocenters. The smallest absolute Gasteiger partial charge is 0.316 e. The molecule has 3 aromatic rings. The van der Waals surface area contributed by atoms with Crippen LogP contribution in [0.4, 0.5) is 4.39 Å². The van der Waals surface area contributed by atoms with Crippen molar-refractivity contribution in [1.82, 2.24) is 19.3 Å². The van der Waals surface area contributed by atoms with Gasteiger partial charge in [-0.2, -0.15) is 9.29 Å². The van der Waals surface area contributed by atoms with Gasteiger partial charge in [-0.05, 0) is 54.8 Å². The Kier molecular flexibility index (Phi) is 6.06. The van der Waals surface area contributed by atoms with Crippen molar-refractivity contribution >= 4 is 15.9 Å². The van der Waals surface area contributed by atoms with E-state index < -0.39 is 10.0 Å². The number of aromatic nitrogens is 2.